The Kier molecular flexibility index (Phi) is 5.60. The van der Waals surface area contributed by atoms with Gasteiger partial charge >= 0.3 is 0 Å². The minimum Gasteiger partial charge on any atom is -0.315 e. The molecule has 0 aromatic carbocycles. The van der Waals surface area contributed by atoms with E-state index in [1.165, 1.54) is 17.8 Å². The molecule has 0 spiro atoms. The third-order valence-electron chi connectivity index (χ3n) is 3.74. The number of sulfonamides is 1. The van der Waals surface area contributed by atoms with Gasteiger partial charge in [0.05, 0.1) is 0 Å². The molecule has 0 bridgehead atoms. The highest BCUT2D eigenvalue weighted by Gasteiger charge is 2.29. The molecule has 20 heavy (non-hydrogen) atoms. The average molecular weight is 316 g/mol. The molecule has 2 heterocycles. The predicted octanol–water partition coefficient (Wildman–Crippen LogP) is 2.73. The molecule has 1 aliphatic rings. The van der Waals surface area contributed by atoms with Gasteiger partial charge in [-0.1, -0.05) is 19.3 Å². The zero-order valence-corrected chi connectivity index (χ0v) is 13.9. The number of hydrogen-bond donors (Lipinski definition) is 1. The van der Waals surface area contributed by atoms with Gasteiger partial charge in [-0.15, -0.1) is 11.3 Å². The van der Waals surface area contributed by atoms with Gasteiger partial charge in [-0.05, 0) is 37.8 Å². The second-order valence-electron chi connectivity index (χ2n) is 5.37. The van der Waals surface area contributed by atoms with E-state index in [-0.39, 0.29) is 0 Å². The topological polar surface area (TPSA) is 49.4 Å². The van der Waals surface area contributed by atoms with Crippen LogP contribution in [0.25, 0.3) is 0 Å². The van der Waals surface area contributed by atoms with Crippen LogP contribution in [0.5, 0.6) is 0 Å². The maximum Gasteiger partial charge on any atom is 0.244 e. The number of hydrogen-bond acceptors (Lipinski definition) is 4. The van der Waals surface area contributed by atoms with Crippen LogP contribution in [0.15, 0.2) is 10.3 Å². The summed E-state index contributed by atoms with van der Waals surface area (Å²) in [4.78, 5) is 1.46. The fourth-order valence-electron chi connectivity index (χ4n) is 2.70. The molecule has 4 nitrogen and oxygen atoms in total. The van der Waals surface area contributed by atoms with E-state index in [4.69, 9.17) is 0 Å². The van der Waals surface area contributed by atoms with Crippen molar-refractivity contribution in [2.45, 2.75) is 50.5 Å². The molecule has 2 rings (SSSR count). The second kappa shape index (κ2) is 7.02. The first kappa shape index (κ1) is 15.9. The summed E-state index contributed by atoms with van der Waals surface area (Å²) >= 11 is 1.53. The molecular weight excluding hydrogens is 292 g/mol. The lowest BCUT2D eigenvalue weighted by Gasteiger charge is -2.24. The summed E-state index contributed by atoms with van der Waals surface area (Å²) < 4.78 is 27.6. The Morgan fingerprint density at radius 3 is 2.40 bits per heavy atom. The summed E-state index contributed by atoms with van der Waals surface area (Å²) in [5.41, 5.74) is 0.877. The van der Waals surface area contributed by atoms with Crippen molar-refractivity contribution in [3.05, 3.63) is 15.8 Å². The molecule has 1 N–H and O–H groups in total. The summed E-state index contributed by atoms with van der Waals surface area (Å²) in [6, 6.07) is 0. The van der Waals surface area contributed by atoms with Gasteiger partial charge in [0.15, 0.2) is 0 Å². The van der Waals surface area contributed by atoms with Crippen LogP contribution in [0, 0.1) is 6.92 Å². The first-order valence-corrected chi connectivity index (χ1v) is 9.61. The zero-order chi connectivity index (χ0) is 14.6. The van der Waals surface area contributed by atoms with Crippen molar-refractivity contribution in [3.63, 3.8) is 0 Å². The monoisotopic (exact) mass is 316 g/mol. The summed E-state index contributed by atoms with van der Waals surface area (Å²) in [7, 11) is -1.49. The van der Waals surface area contributed by atoms with Crippen LogP contribution in [-0.2, 0) is 16.6 Å². The molecule has 1 aliphatic heterocycles. The van der Waals surface area contributed by atoms with Gasteiger partial charge in [-0.2, -0.15) is 4.31 Å². The summed E-state index contributed by atoms with van der Waals surface area (Å²) in [6.45, 7) is 3.83. The Balaban J connectivity index is 2.30. The molecule has 1 saturated heterocycles. The minimum absolute atomic E-state index is 0.539. The van der Waals surface area contributed by atoms with Crippen LogP contribution in [0.3, 0.4) is 0 Å². The van der Waals surface area contributed by atoms with Gasteiger partial charge in [0.2, 0.25) is 10.0 Å². The summed E-state index contributed by atoms with van der Waals surface area (Å²) in [5.74, 6) is 0. The fraction of sp³-hybridized carbons (Fsp3) is 0.714. The zero-order valence-electron chi connectivity index (χ0n) is 12.3. The molecule has 0 saturated carbocycles. The van der Waals surface area contributed by atoms with E-state index in [2.05, 4.69) is 5.32 Å². The van der Waals surface area contributed by atoms with Crippen molar-refractivity contribution < 1.29 is 8.42 Å². The largest absolute Gasteiger partial charge is 0.315 e. The molecule has 6 heteroatoms. The van der Waals surface area contributed by atoms with Crippen molar-refractivity contribution in [1.29, 1.82) is 0 Å². The number of thiophene rings is 1. The van der Waals surface area contributed by atoms with Crippen LogP contribution in [0.4, 0.5) is 0 Å². The van der Waals surface area contributed by atoms with Crippen LogP contribution in [0.2, 0.25) is 0 Å². The molecule has 114 valence electrons. The lowest BCUT2D eigenvalue weighted by atomic mass is 10.1. The molecule has 1 fully saturated rings. The highest BCUT2D eigenvalue weighted by atomic mass is 32.2. The third-order valence-corrected chi connectivity index (χ3v) is 7.10. The van der Waals surface area contributed by atoms with Crippen LogP contribution >= 0.6 is 11.3 Å². The molecule has 0 aliphatic carbocycles. The standard InChI is InChI=1S/C14H24N2O2S2/c1-12-11-19-13(10-15-2)14(12)20(17,18)16-8-6-4-3-5-7-9-16/h11,15H,3-10H2,1-2H3. The van der Waals surface area contributed by atoms with E-state index < -0.39 is 10.0 Å². The van der Waals surface area contributed by atoms with Crippen molar-refractivity contribution >= 4 is 21.4 Å². The van der Waals surface area contributed by atoms with Crippen LogP contribution < -0.4 is 5.32 Å². The number of aryl methyl sites for hydroxylation is 1. The second-order valence-corrected chi connectivity index (χ2v) is 8.21. The number of rotatable bonds is 4. The molecule has 1 aromatic heterocycles. The quantitative estimate of drug-likeness (QED) is 0.929. The van der Waals surface area contributed by atoms with Gasteiger partial charge in [0.25, 0.3) is 0 Å². The van der Waals surface area contributed by atoms with E-state index in [0.29, 0.717) is 24.5 Å². The number of nitrogens with zero attached hydrogens (tertiary/aromatic N) is 1. The van der Waals surface area contributed by atoms with E-state index in [9.17, 15) is 8.42 Å². The van der Waals surface area contributed by atoms with E-state index in [1.54, 1.807) is 4.31 Å². The first-order valence-electron chi connectivity index (χ1n) is 7.29. The summed E-state index contributed by atoms with van der Waals surface area (Å²) in [6.07, 6.45) is 5.46. The minimum atomic E-state index is -3.34. The Morgan fingerprint density at radius 2 is 1.80 bits per heavy atom. The summed E-state index contributed by atoms with van der Waals surface area (Å²) in [5, 5.41) is 5.01. The van der Waals surface area contributed by atoms with Crippen molar-refractivity contribution in [1.82, 2.24) is 9.62 Å². The molecular formula is C14H24N2O2S2. The maximum absolute atomic E-state index is 12.9. The van der Waals surface area contributed by atoms with Gasteiger partial charge in [0.1, 0.15) is 4.90 Å². The van der Waals surface area contributed by atoms with E-state index >= 15 is 0 Å². The van der Waals surface area contributed by atoms with E-state index in [0.717, 1.165) is 36.1 Å². The number of nitrogens with one attached hydrogen (secondary N) is 1. The SMILES string of the molecule is CNCc1scc(C)c1S(=O)(=O)N1CCCCCCC1. The molecule has 0 unspecified atom stereocenters. The Hall–Kier alpha value is -0.430. The van der Waals surface area contributed by atoms with Gasteiger partial charge in [-0.3, -0.25) is 0 Å². The van der Waals surface area contributed by atoms with Crippen LogP contribution in [-0.4, -0.2) is 32.9 Å². The fourth-order valence-corrected chi connectivity index (χ4v) is 5.99. The molecule has 0 amide bonds. The smallest absolute Gasteiger partial charge is 0.244 e. The molecule has 0 atom stereocenters. The molecule has 0 radical (unpaired) electrons. The highest BCUT2D eigenvalue weighted by Crippen LogP contribution is 2.30. The van der Waals surface area contributed by atoms with Crippen molar-refractivity contribution in [3.8, 4) is 0 Å². The van der Waals surface area contributed by atoms with Gasteiger partial charge in [0, 0.05) is 24.5 Å². The predicted molar refractivity (Wildman–Crippen MR) is 83.7 cm³/mol. The van der Waals surface area contributed by atoms with Gasteiger partial charge < -0.3 is 5.32 Å². The Morgan fingerprint density at radius 1 is 1.20 bits per heavy atom. The maximum atomic E-state index is 12.9. The van der Waals surface area contributed by atoms with Crippen LogP contribution in [0.1, 0.15) is 42.5 Å². The average Bonchev–Trinajstić information content (AvgIpc) is 2.70. The normalized spacial score (nSPS) is 18.7. The van der Waals surface area contributed by atoms with Crippen molar-refractivity contribution in [2.24, 2.45) is 0 Å². The first-order chi connectivity index (χ1) is 9.57. The third kappa shape index (κ3) is 3.42. The van der Waals surface area contributed by atoms with E-state index in [1.807, 2.05) is 19.4 Å². The lowest BCUT2D eigenvalue weighted by molar-refractivity contribution is 0.364. The molecule has 1 aromatic rings. The van der Waals surface area contributed by atoms with Crippen molar-refractivity contribution in [2.75, 3.05) is 20.1 Å². The van der Waals surface area contributed by atoms with Gasteiger partial charge in [-0.25, -0.2) is 8.42 Å². The highest BCUT2D eigenvalue weighted by molar-refractivity contribution is 7.89. The Labute approximate surface area is 126 Å². The lowest BCUT2D eigenvalue weighted by Crippen LogP contribution is -2.34. The Bertz CT molecular complexity index is 529.